The number of urea groups is 1. The summed E-state index contributed by atoms with van der Waals surface area (Å²) in [5.74, 6) is 0.673. The summed E-state index contributed by atoms with van der Waals surface area (Å²) in [6.07, 6.45) is 0. The zero-order valence-corrected chi connectivity index (χ0v) is 16.6. The van der Waals surface area contributed by atoms with Gasteiger partial charge in [0.05, 0.1) is 17.2 Å². The fourth-order valence-corrected chi connectivity index (χ4v) is 3.25. The molecule has 140 valence electrons. The van der Waals surface area contributed by atoms with Gasteiger partial charge in [0.25, 0.3) is 0 Å². The second kappa shape index (κ2) is 8.88. The summed E-state index contributed by atoms with van der Waals surface area (Å²) in [6, 6.07) is 14.5. The Morgan fingerprint density at radius 3 is 2.85 bits per heavy atom. The Balaban J connectivity index is 1.62. The van der Waals surface area contributed by atoms with Crippen LogP contribution in [-0.2, 0) is 6.61 Å². The Morgan fingerprint density at radius 1 is 1.30 bits per heavy atom. The van der Waals surface area contributed by atoms with Crippen molar-refractivity contribution in [2.45, 2.75) is 19.6 Å². The van der Waals surface area contributed by atoms with E-state index in [1.54, 1.807) is 23.5 Å². The van der Waals surface area contributed by atoms with Crippen molar-refractivity contribution in [3.63, 3.8) is 0 Å². The van der Waals surface area contributed by atoms with Gasteiger partial charge in [0.15, 0.2) is 0 Å². The molecule has 1 unspecified atom stereocenters. The second-order valence-electron chi connectivity index (χ2n) is 6.07. The Kier molecular flexibility index (Phi) is 6.32. The van der Waals surface area contributed by atoms with Crippen molar-refractivity contribution in [3.8, 4) is 5.75 Å². The lowest BCUT2D eigenvalue weighted by Crippen LogP contribution is -2.33. The fourth-order valence-electron chi connectivity index (χ4n) is 2.51. The number of hydrogen-bond donors (Lipinski definition) is 1. The van der Waals surface area contributed by atoms with Gasteiger partial charge in [-0.1, -0.05) is 29.8 Å². The molecule has 0 radical (unpaired) electrons. The first-order valence-electron chi connectivity index (χ1n) is 8.42. The van der Waals surface area contributed by atoms with Gasteiger partial charge in [0.1, 0.15) is 12.4 Å². The molecule has 2 aromatic carbocycles. The number of halogens is 1. The van der Waals surface area contributed by atoms with Crippen LogP contribution in [0.15, 0.2) is 59.4 Å². The molecular weight excluding hydrogens is 382 g/mol. The van der Waals surface area contributed by atoms with E-state index in [0.717, 1.165) is 11.3 Å². The van der Waals surface area contributed by atoms with Crippen molar-refractivity contribution < 1.29 is 9.53 Å². The van der Waals surface area contributed by atoms with Crippen LogP contribution in [0.25, 0.3) is 0 Å². The number of carbonyl (C=O) groups is 1. The number of anilines is 1. The Morgan fingerprint density at radius 2 is 2.11 bits per heavy atom. The average molecular weight is 402 g/mol. The summed E-state index contributed by atoms with van der Waals surface area (Å²) in [4.78, 5) is 18.4. The average Bonchev–Trinajstić information content (AvgIpc) is 3.19. The van der Waals surface area contributed by atoms with Gasteiger partial charge < -0.3 is 15.0 Å². The van der Waals surface area contributed by atoms with Crippen molar-refractivity contribution in [3.05, 3.63) is 75.7 Å². The predicted molar refractivity (Wildman–Crippen MR) is 110 cm³/mol. The van der Waals surface area contributed by atoms with Gasteiger partial charge in [0, 0.05) is 29.2 Å². The molecule has 3 rings (SSSR count). The first kappa shape index (κ1) is 19.2. The van der Waals surface area contributed by atoms with Crippen LogP contribution in [0.3, 0.4) is 0 Å². The molecule has 1 heterocycles. The molecule has 2 amide bonds. The van der Waals surface area contributed by atoms with Gasteiger partial charge in [-0.25, -0.2) is 9.78 Å². The van der Waals surface area contributed by atoms with Crippen molar-refractivity contribution >= 4 is 34.7 Å². The lowest BCUT2D eigenvalue weighted by molar-refractivity contribution is 0.208. The highest BCUT2D eigenvalue weighted by atomic mass is 35.5. The molecule has 0 fully saturated rings. The Labute approximate surface area is 167 Å². The first-order valence-corrected chi connectivity index (χ1v) is 9.74. The van der Waals surface area contributed by atoms with Gasteiger partial charge in [-0.2, -0.15) is 0 Å². The van der Waals surface area contributed by atoms with Gasteiger partial charge >= 0.3 is 6.03 Å². The number of amides is 2. The molecule has 0 saturated carbocycles. The molecule has 0 bridgehead atoms. The van der Waals surface area contributed by atoms with Crippen LogP contribution in [0.2, 0.25) is 5.02 Å². The van der Waals surface area contributed by atoms with E-state index in [0.29, 0.717) is 23.1 Å². The quantitative estimate of drug-likeness (QED) is 0.584. The number of rotatable bonds is 6. The molecule has 0 aliphatic heterocycles. The highest BCUT2D eigenvalue weighted by Gasteiger charge is 2.18. The SMILES string of the molecule is CC(c1cccc(Cl)c1)N(C)C(=O)Nc1cccc(OCc2cscn2)c1. The van der Waals surface area contributed by atoms with Crippen LogP contribution < -0.4 is 10.1 Å². The third-order valence-corrected chi connectivity index (χ3v) is 5.06. The lowest BCUT2D eigenvalue weighted by atomic mass is 10.1. The van der Waals surface area contributed by atoms with E-state index in [2.05, 4.69) is 10.3 Å². The van der Waals surface area contributed by atoms with Gasteiger partial charge in [-0.05, 0) is 36.8 Å². The summed E-state index contributed by atoms with van der Waals surface area (Å²) < 4.78 is 5.73. The Hall–Kier alpha value is -2.57. The van der Waals surface area contributed by atoms with Crippen molar-refractivity contribution in [2.75, 3.05) is 12.4 Å². The third-order valence-electron chi connectivity index (χ3n) is 4.19. The molecule has 27 heavy (non-hydrogen) atoms. The van der Waals surface area contributed by atoms with Crippen LogP contribution in [0.1, 0.15) is 24.2 Å². The number of thiazole rings is 1. The molecule has 1 atom stereocenters. The highest BCUT2D eigenvalue weighted by molar-refractivity contribution is 7.07. The van der Waals surface area contributed by atoms with Crippen LogP contribution in [0, 0.1) is 0 Å². The summed E-state index contributed by atoms with van der Waals surface area (Å²) in [5.41, 5.74) is 4.29. The van der Waals surface area contributed by atoms with E-state index in [-0.39, 0.29) is 12.1 Å². The van der Waals surface area contributed by atoms with Crippen LogP contribution >= 0.6 is 22.9 Å². The molecule has 0 spiro atoms. The van der Waals surface area contributed by atoms with E-state index in [1.165, 1.54) is 11.3 Å². The summed E-state index contributed by atoms with van der Waals surface area (Å²) >= 11 is 7.58. The van der Waals surface area contributed by atoms with E-state index in [9.17, 15) is 4.79 Å². The maximum Gasteiger partial charge on any atom is 0.322 e. The molecule has 0 saturated heterocycles. The van der Waals surface area contributed by atoms with Gasteiger partial charge in [-0.15, -0.1) is 11.3 Å². The first-order chi connectivity index (χ1) is 13.0. The predicted octanol–water partition coefficient (Wildman–Crippen LogP) is 5.60. The van der Waals surface area contributed by atoms with E-state index >= 15 is 0 Å². The number of aromatic nitrogens is 1. The molecule has 1 aromatic heterocycles. The third kappa shape index (κ3) is 5.21. The number of nitrogens with zero attached hydrogens (tertiary/aromatic N) is 2. The maximum atomic E-state index is 12.6. The molecule has 0 aliphatic carbocycles. The number of ether oxygens (including phenoxy) is 1. The number of carbonyl (C=O) groups excluding carboxylic acids is 1. The van der Waals surface area contributed by atoms with E-state index in [1.807, 2.05) is 54.8 Å². The number of hydrogen-bond acceptors (Lipinski definition) is 4. The van der Waals surface area contributed by atoms with Crippen molar-refractivity contribution in [2.24, 2.45) is 0 Å². The zero-order chi connectivity index (χ0) is 19.2. The summed E-state index contributed by atoms with van der Waals surface area (Å²) in [6.45, 7) is 2.35. The number of benzene rings is 2. The summed E-state index contributed by atoms with van der Waals surface area (Å²) in [5, 5.41) is 5.49. The lowest BCUT2D eigenvalue weighted by Gasteiger charge is -2.25. The van der Waals surface area contributed by atoms with Crippen molar-refractivity contribution in [1.29, 1.82) is 0 Å². The molecule has 5 nitrogen and oxygen atoms in total. The van der Waals surface area contributed by atoms with E-state index in [4.69, 9.17) is 16.3 Å². The minimum Gasteiger partial charge on any atom is -0.487 e. The normalized spacial score (nSPS) is 11.7. The monoisotopic (exact) mass is 401 g/mol. The topological polar surface area (TPSA) is 54.5 Å². The fraction of sp³-hybridized carbons (Fsp3) is 0.200. The van der Waals surface area contributed by atoms with Crippen molar-refractivity contribution in [1.82, 2.24) is 9.88 Å². The molecule has 1 N–H and O–H groups in total. The van der Waals surface area contributed by atoms with Crippen LogP contribution in [0.5, 0.6) is 5.75 Å². The molecule has 0 aliphatic rings. The van der Waals surface area contributed by atoms with Gasteiger partial charge in [0.2, 0.25) is 0 Å². The molecule has 3 aromatic rings. The number of nitrogens with one attached hydrogen (secondary N) is 1. The van der Waals surface area contributed by atoms with Crippen LogP contribution in [0.4, 0.5) is 10.5 Å². The zero-order valence-electron chi connectivity index (χ0n) is 15.1. The standard InChI is InChI=1S/C20H20ClN3O2S/c1-14(15-5-3-6-16(21)9-15)24(2)20(25)23-17-7-4-8-19(10-17)26-11-18-12-27-13-22-18/h3-10,12-14H,11H2,1-2H3,(H,23,25). The minimum absolute atomic E-state index is 0.118. The largest absolute Gasteiger partial charge is 0.487 e. The molecular formula is C20H20ClN3O2S. The highest BCUT2D eigenvalue weighted by Crippen LogP contribution is 2.24. The summed E-state index contributed by atoms with van der Waals surface area (Å²) in [7, 11) is 1.75. The Bertz CT molecular complexity index is 902. The molecule has 7 heteroatoms. The smallest absolute Gasteiger partial charge is 0.322 e. The second-order valence-corrected chi connectivity index (χ2v) is 7.22. The van der Waals surface area contributed by atoms with Gasteiger partial charge in [-0.3, -0.25) is 0 Å². The minimum atomic E-state index is -0.209. The van der Waals surface area contributed by atoms with Crippen LogP contribution in [-0.4, -0.2) is 23.0 Å². The maximum absolute atomic E-state index is 12.6. The van der Waals surface area contributed by atoms with E-state index < -0.39 is 0 Å².